The fraction of sp³-hybridized carbons (Fsp3) is 0.600. The van der Waals surface area contributed by atoms with Crippen LogP contribution in [0.15, 0.2) is 24.3 Å². The molecule has 1 saturated heterocycles. The van der Waals surface area contributed by atoms with Crippen molar-refractivity contribution in [3.8, 4) is 5.75 Å². The summed E-state index contributed by atoms with van der Waals surface area (Å²) in [6.07, 6.45) is 2.53. The molecule has 0 amide bonds. The molecule has 1 aliphatic rings. The van der Waals surface area contributed by atoms with E-state index in [9.17, 15) is 5.11 Å². The molecule has 0 aromatic heterocycles. The second-order valence-corrected chi connectivity index (χ2v) is 5.25. The summed E-state index contributed by atoms with van der Waals surface area (Å²) in [5.41, 5.74) is 6.34. The average molecular weight is 264 g/mol. The highest BCUT2D eigenvalue weighted by molar-refractivity contribution is 5.30. The summed E-state index contributed by atoms with van der Waals surface area (Å²) < 4.78 is 5.85. The Labute approximate surface area is 115 Å². The molecule has 0 bridgehead atoms. The molecule has 2 rings (SSSR count). The van der Waals surface area contributed by atoms with Crippen LogP contribution in [-0.2, 0) is 0 Å². The molecule has 0 saturated carbocycles. The van der Waals surface area contributed by atoms with Gasteiger partial charge < -0.3 is 20.5 Å². The van der Waals surface area contributed by atoms with Crippen molar-refractivity contribution in [2.24, 2.45) is 5.73 Å². The van der Waals surface area contributed by atoms with Gasteiger partial charge in [0, 0.05) is 6.04 Å². The van der Waals surface area contributed by atoms with E-state index in [2.05, 4.69) is 11.9 Å². The lowest BCUT2D eigenvalue weighted by Gasteiger charge is -2.20. The van der Waals surface area contributed by atoms with Crippen LogP contribution in [0, 0.1) is 0 Å². The Bertz CT molecular complexity index is 397. The van der Waals surface area contributed by atoms with Gasteiger partial charge in [-0.3, -0.25) is 0 Å². The van der Waals surface area contributed by atoms with Crippen molar-refractivity contribution in [2.45, 2.75) is 31.4 Å². The molecule has 3 N–H and O–H groups in total. The van der Waals surface area contributed by atoms with Gasteiger partial charge >= 0.3 is 0 Å². The molecule has 4 nitrogen and oxygen atoms in total. The zero-order valence-electron chi connectivity index (χ0n) is 11.6. The van der Waals surface area contributed by atoms with Crippen LogP contribution >= 0.6 is 0 Å². The maximum Gasteiger partial charge on any atom is 0.119 e. The molecular formula is C15H24N2O2. The first-order chi connectivity index (χ1) is 9.20. The number of likely N-dealkylation sites (tertiary alicyclic amines) is 1. The summed E-state index contributed by atoms with van der Waals surface area (Å²) in [6, 6.07) is 8.19. The minimum absolute atomic E-state index is 0.485. The highest BCUT2D eigenvalue weighted by Crippen LogP contribution is 2.22. The van der Waals surface area contributed by atoms with Crippen molar-refractivity contribution < 1.29 is 9.84 Å². The SMILES string of the molecule is CN1CCCC1COc1cccc(C(O)CCN)c1. The van der Waals surface area contributed by atoms with Crippen LogP contribution in [0.1, 0.15) is 30.9 Å². The van der Waals surface area contributed by atoms with Gasteiger partial charge in [-0.2, -0.15) is 0 Å². The highest BCUT2D eigenvalue weighted by atomic mass is 16.5. The molecule has 1 aromatic carbocycles. The van der Waals surface area contributed by atoms with E-state index < -0.39 is 6.10 Å². The quantitative estimate of drug-likeness (QED) is 0.818. The molecular weight excluding hydrogens is 240 g/mol. The van der Waals surface area contributed by atoms with Crippen molar-refractivity contribution in [2.75, 3.05) is 26.7 Å². The maximum absolute atomic E-state index is 9.92. The van der Waals surface area contributed by atoms with E-state index in [4.69, 9.17) is 10.5 Å². The highest BCUT2D eigenvalue weighted by Gasteiger charge is 2.21. The molecule has 1 aromatic rings. The minimum Gasteiger partial charge on any atom is -0.492 e. The van der Waals surface area contributed by atoms with Gasteiger partial charge in [0.25, 0.3) is 0 Å². The van der Waals surface area contributed by atoms with Gasteiger partial charge in [0.1, 0.15) is 12.4 Å². The molecule has 106 valence electrons. The molecule has 4 heteroatoms. The second kappa shape index (κ2) is 6.89. The third kappa shape index (κ3) is 3.93. The summed E-state index contributed by atoms with van der Waals surface area (Å²) in [5.74, 6) is 0.828. The summed E-state index contributed by atoms with van der Waals surface area (Å²) in [6.45, 7) is 2.36. The number of nitrogens with zero attached hydrogens (tertiary/aromatic N) is 1. The lowest BCUT2D eigenvalue weighted by Crippen LogP contribution is -2.30. The summed E-state index contributed by atoms with van der Waals surface area (Å²) in [4.78, 5) is 2.34. The average Bonchev–Trinajstić information content (AvgIpc) is 2.82. The van der Waals surface area contributed by atoms with Crippen molar-refractivity contribution in [3.05, 3.63) is 29.8 Å². The molecule has 2 unspecified atom stereocenters. The molecule has 19 heavy (non-hydrogen) atoms. The van der Waals surface area contributed by atoms with Gasteiger partial charge in [-0.15, -0.1) is 0 Å². The van der Waals surface area contributed by atoms with E-state index >= 15 is 0 Å². The monoisotopic (exact) mass is 264 g/mol. The number of hydrogen-bond acceptors (Lipinski definition) is 4. The van der Waals surface area contributed by atoms with Crippen molar-refractivity contribution in [1.82, 2.24) is 4.90 Å². The number of nitrogens with two attached hydrogens (primary N) is 1. The van der Waals surface area contributed by atoms with Crippen LogP contribution in [-0.4, -0.2) is 42.8 Å². The Balaban J connectivity index is 1.91. The smallest absolute Gasteiger partial charge is 0.119 e. The molecule has 1 aliphatic heterocycles. The van der Waals surface area contributed by atoms with E-state index in [0.717, 1.165) is 17.9 Å². The van der Waals surface area contributed by atoms with Gasteiger partial charge in [0.2, 0.25) is 0 Å². The van der Waals surface area contributed by atoms with E-state index in [-0.39, 0.29) is 0 Å². The van der Waals surface area contributed by atoms with E-state index in [1.165, 1.54) is 12.8 Å². The summed E-state index contributed by atoms with van der Waals surface area (Å²) >= 11 is 0. The van der Waals surface area contributed by atoms with Gasteiger partial charge in [-0.25, -0.2) is 0 Å². The zero-order valence-corrected chi connectivity index (χ0v) is 11.6. The largest absolute Gasteiger partial charge is 0.492 e. The van der Waals surface area contributed by atoms with Gasteiger partial charge in [0.05, 0.1) is 6.10 Å². The Morgan fingerprint density at radius 3 is 3.05 bits per heavy atom. The number of aliphatic hydroxyl groups is 1. The number of likely N-dealkylation sites (N-methyl/N-ethyl adjacent to an activating group) is 1. The van der Waals surface area contributed by atoms with Crippen LogP contribution in [0.5, 0.6) is 5.75 Å². The Hall–Kier alpha value is -1.10. The first-order valence-electron chi connectivity index (χ1n) is 7.02. The molecule has 0 spiro atoms. The lowest BCUT2D eigenvalue weighted by atomic mass is 10.1. The molecule has 0 radical (unpaired) electrons. The van der Waals surface area contributed by atoms with E-state index in [1.807, 2.05) is 24.3 Å². The Kier molecular flexibility index (Phi) is 5.19. The third-order valence-electron chi connectivity index (χ3n) is 3.80. The fourth-order valence-corrected chi connectivity index (χ4v) is 2.52. The van der Waals surface area contributed by atoms with Crippen LogP contribution in [0.4, 0.5) is 0 Å². The van der Waals surface area contributed by atoms with E-state index in [0.29, 0.717) is 25.6 Å². The minimum atomic E-state index is -0.497. The summed E-state index contributed by atoms with van der Waals surface area (Å²) in [5, 5.41) is 9.92. The normalized spacial score (nSPS) is 21.5. The number of aliphatic hydroxyl groups excluding tert-OH is 1. The zero-order chi connectivity index (χ0) is 13.7. The van der Waals surface area contributed by atoms with Crippen LogP contribution in [0.3, 0.4) is 0 Å². The predicted octanol–water partition coefficient (Wildman–Crippen LogP) is 1.54. The lowest BCUT2D eigenvalue weighted by molar-refractivity contribution is 0.168. The first kappa shape index (κ1) is 14.3. The second-order valence-electron chi connectivity index (χ2n) is 5.25. The molecule has 0 aliphatic carbocycles. The standard InChI is InChI=1S/C15H24N2O2/c1-17-9-3-5-13(17)11-19-14-6-2-4-12(10-14)15(18)7-8-16/h2,4,6,10,13,15,18H,3,5,7-9,11,16H2,1H3. The molecule has 1 heterocycles. The van der Waals surface area contributed by atoms with Gasteiger partial charge in [0.15, 0.2) is 0 Å². The fourth-order valence-electron chi connectivity index (χ4n) is 2.52. The predicted molar refractivity (Wildman–Crippen MR) is 76.2 cm³/mol. The number of benzene rings is 1. The third-order valence-corrected chi connectivity index (χ3v) is 3.80. The first-order valence-corrected chi connectivity index (χ1v) is 7.02. The molecule has 1 fully saturated rings. The van der Waals surface area contributed by atoms with Gasteiger partial charge in [-0.05, 0) is 57.1 Å². The number of hydrogen-bond donors (Lipinski definition) is 2. The number of ether oxygens (including phenoxy) is 1. The van der Waals surface area contributed by atoms with Crippen molar-refractivity contribution in [3.63, 3.8) is 0 Å². The van der Waals surface area contributed by atoms with Crippen LogP contribution in [0.25, 0.3) is 0 Å². The Morgan fingerprint density at radius 1 is 1.53 bits per heavy atom. The van der Waals surface area contributed by atoms with E-state index in [1.54, 1.807) is 0 Å². The maximum atomic E-state index is 9.92. The van der Waals surface area contributed by atoms with Crippen LogP contribution < -0.4 is 10.5 Å². The van der Waals surface area contributed by atoms with Crippen LogP contribution in [0.2, 0.25) is 0 Å². The van der Waals surface area contributed by atoms with Gasteiger partial charge in [-0.1, -0.05) is 12.1 Å². The Morgan fingerprint density at radius 2 is 2.37 bits per heavy atom. The summed E-state index contributed by atoms with van der Waals surface area (Å²) in [7, 11) is 2.14. The topological polar surface area (TPSA) is 58.7 Å². The van der Waals surface area contributed by atoms with Crippen molar-refractivity contribution >= 4 is 0 Å². The van der Waals surface area contributed by atoms with Crippen molar-refractivity contribution in [1.29, 1.82) is 0 Å². The molecule has 2 atom stereocenters. The number of rotatable bonds is 6.